The molecule has 1 aliphatic rings. The van der Waals surface area contributed by atoms with Gasteiger partial charge in [0.1, 0.15) is 0 Å². The molecule has 2 nitrogen and oxygen atoms in total. The summed E-state index contributed by atoms with van der Waals surface area (Å²) < 4.78 is 37.2. The smallest absolute Gasteiger partial charge is 0.381 e. The van der Waals surface area contributed by atoms with E-state index in [1.165, 1.54) is 12.1 Å². The van der Waals surface area contributed by atoms with Crippen LogP contribution in [-0.2, 0) is 6.18 Å². The summed E-state index contributed by atoms with van der Waals surface area (Å²) >= 11 is 0. The van der Waals surface area contributed by atoms with E-state index in [1.807, 2.05) is 0 Å². The Balaban J connectivity index is 1.99. The molecule has 0 aromatic heterocycles. The van der Waals surface area contributed by atoms with Gasteiger partial charge in [-0.3, -0.25) is 0 Å². The van der Waals surface area contributed by atoms with E-state index >= 15 is 0 Å². The Morgan fingerprint density at radius 3 is 2.28 bits per heavy atom. The van der Waals surface area contributed by atoms with Crippen LogP contribution in [0.2, 0.25) is 0 Å². The topological polar surface area (TPSA) is 15.3 Å². The van der Waals surface area contributed by atoms with E-state index in [-0.39, 0.29) is 0 Å². The van der Waals surface area contributed by atoms with Gasteiger partial charge in [0.25, 0.3) is 0 Å². The van der Waals surface area contributed by atoms with Gasteiger partial charge in [-0.2, -0.15) is 13.2 Å². The SMILES string of the molecule is CC1CC(Nc2ccc(C(F)(F)F)cc2)CN1C. The molecule has 1 fully saturated rings. The highest BCUT2D eigenvalue weighted by molar-refractivity contribution is 5.46. The zero-order valence-electron chi connectivity index (χ0n) is 10.5. The van der Waals surface area contributed by atoms with E-state index in [0.29, 0.717) is 12.1 Å². The highest BCUT2D eigenvalue weighted by atomic mass is 19.4. The molecule has 0 amide bonds. The second-order valence-electron chi connectivity index (χ2n) is 4.94. The molecule has 100 valence electrons. The minimum absolute atomic E-state index is 0.307. The molecule has 2 rings (SSSR count). The average Bonchev–Trinajstić information content (AvgIpc) is 2.57. The van der Waals surface area contributed by atoms with Crippen LogP contribution in [0.3, 0.4) is 0 Å². The standard InChI is InChI=1S/C13H17F3N2/c1-9-7-12(8-18(9)2)17-11-5-3-10(4-6-11)13(14,15)16/h3-6,9,12,17H,7-8H2,1-2H3. The maximum atomic E-state index is 12.4. The van der Waals surface area contributed by atoms with Crippen molar-refractivity contribution in [1.29, 1.82) is 0 Å². The van der Waals surface area contributed by atoms with Gasteiger partial charge in [-0.1, -0.05) is 0 Å². The molecule has 18 heavy (non-hydrogen) atoms. The van der Waals surface area contributed by atoms with Crippen LogP contribution in [0.4, 0.5) is 18.9 Å². The highest BCUT2D eigenvalue weighted by Gasteiger charge is 2.30. The van der Waals surface area contributed by atoms with Crippen molar-refractivity contribution in [3.05, 3.63) is 29.8 Å². The molecular weight excluding hydrogens is 241 g/mol. The molecule has 2 atom stereocenters. The number of alkyl halides is 3. The lowest BCUT2D eigenvalue weighted by molar-refractivity contribution is -0.137. The fourth-order valence-corrected chi connectivity index (χ4v) is 2.29. The lowest BCUT2D eigenvalue weighted by Crippen LogP contribution is -2.24. The van der Waals surface area contributed by atoms with Crippen molar-refractivity contribution in [2.45, 2.75) is 31.6 Å². The van der Waals surface area contributed by atoms with E-state index in [0.717, 1.165) is 30.8 Å². The average molecular weight is 258 g/mol. The summed E-state index contributed by atoms with van der Waals surface area (Å²) in [5, 5.41) is 3.27. The van der Waals surface area contributed by atoms with Crippen LogP contribution >= 0.6 is 0 Å². The highest BCUT2D eigenvalue weighted by Crippen LogP contribution is 2.30. The fourth-order valence-electron chi connectivity index (χ4n) is 2.29. The van der Waals surface area contributed by atoms with Gasteiger partial charge in [0.05, 0.1) is 5.56 Å². The molecule has 1 heterocycles. The Labute approximate surface area is 105 Å². The molecule has 1 N–H and O–H groups in total. The molecule has 1 aromatic carbocycles. The summed E-state index contributed by atoms with van der Waals surface area (Å²) in [5.74, 6) is 0. The van der Waals surface area contributed by atoms with Crippen LogP contribution in [0.15, 0.2) is 24.3 Å². The normalized spacial score (nSPS) is 25.4. The molecule has 1 aromatic rings. The van der Waals surface area contributed by atoms with Crippen molar-refractivity contribution in [3.63, 3.8) is 0 Å². The Morgan fingerprint density at radius 2 is 1.83 bits per heavy atom. The third-order valence-electron chi connectivity index (χ3n) is 3.47. The van der Waals surface area contributed by atoms with Gasteiger partial charge in [0.15, 0.2) is 0 Å². The summed E-state index contributed by atoms with van der Waals surface area (Å²) in [6, 6.07) is 6.03. The number of likely N-dealkylation sites (tertiary alicyclic amines) is 1. The predicted octanol–water partition coefficient (Wildman–Crippen LogP) is 3.21. The number of hydrogen-bond donors (Lipinski definition) is 1. The van der Waals surface area contributed by atoms with Crippen molar-refractivity contribution in [3.8, 4) is 0 Å². The number of nitrogens with zero attached hydrogens (tertiary/aromatic N) is 1. The number of hydrogen-bond acceptors (Lipinski definition) is 2. The largest absolute Gasteiger partial charge is 0.416 e. The van der Waals surface area contributed by atoms with Crippen LogP contribution in [0, 0.1) is 0 Å². The molecular formula is C13H17F3N2. The van der Waals surface area contributed by atoms with Crippen LogP contribution in [0.25, 0.3) is 0 Å². The zero-order valence-corrected chi connectivity index (χ0v) is 10.5. The predicted molar refractivity (Wildman–Crippen MR) is 65.6 cm³/mol. The number of nitrogens with one attached hydrogen (secondary N) is 1. The van der Waals surface area contributed by atoms with Crippen LogP contribution < -0.4 is 5.32 Å². The van der Waals surface area contributed by atoms with Gasteiger partial charge in [0.2, 0.25) is 0 Å². The minimum atomic E-state index is -4.26. The van der Waals surface area contributed by atoms with Crippen molar-refractivity contribution < 1.29 is 13.2 Å². The molecule has 0 spiro atoms. The Morgan fingerprint density at radius 1 is 1.22 bits per heavy atom. The Kier molecular flexibility index (Phi) is 3.52. The molecule has 0 bridgehead atoms. The lowest BCUT2D eigenvalue weighted by atomic mass is 10.1. The molecule has 1 aliphatic heterocycles. The summed E-state index contributed by atoms with van der Waals surface area (Å²) in [6.07, 6.45) is -3.25. The summed E-state index contributed by atoms with van der Waals surface area (Å²) in [5.41, 5.74) is 0.139. The first-order valence-corrected chi connectivity index (χ1v) is 6.00. The first-order valence-electron chi connectivity index (χ1n) is 6.00. The summed E-state index contributed by atoms with van der Waals surface area (Å²) in [7, 11) is 2.05. The maximum Gasteiger partial charge on any atom is 0.416 e. The van der Waals surface area contributed by atoms with E-state index in [4.69, 9.17) is 0 Å². The van der Waals surface area contributed by atoms with Gasteiger partial charge >= 0.3 is 6.18 Å². The van der Waals surface area contributed by atoms with Crippen LogP contribution in [0.5, 0.6) is 0 Å². The second kappa shape index (κ2) is 4.80. The maximum absolute atomic E-state index is 12.4. The number of rotatable bonds is 2. The molecule has 0 aliphatic carbocycles. The van der Waals surface area contributed by atoms with E-state index in [2.05, 4.69) is 24.2 Å². The van der Waals surface area contributed by atoms with E-state index in [1.54, 1.807) is 0 Å². The van der Waals surface area contributed by atoms with E-state index < -0.39 is 11.7 Å². The number of anilines is 1. The monoisotopic (exact) mass is 258 g/mol. The summed E-state index contributed by atoms with van der Waals surface area (Å²) in [4.78, 5) is 2.24. The third-order valence-corrected chi connectivity index (χ3v) is 3.47. The number of benzene rings is 1. The lowest BCUT2D eigenvalue weighted by Gasteiger charge is -2.15. The van der Waals surface area contributed by atoms with Crippen LogP contribution in [0.1, 0.15) is 18.9 Å². The third kappa shape index (κ3) is 2.96. The zero-order chi connectivity index (χ0) is 13.3. The number of halogens is 3. The second-order valence-corrected chi connectivity index (χ2v) is 4.94. The summed E-state index contributed by atoms with van der Waals surface area (Å²) in [6.45, 7) is 3.07. The fraction of sp³-hybridized carbons (Fsp3) is 0.538. The van der Waals surface area contributed by atoms with Gasteiger partial charge in [-0.05, 0) is 44.7 Å². The van der Waals surface area contributed by atoms with Crippen molar-refractivity contribution in [2.75, 3.05) is 18.9 Å². The molecule has 0 saturated carbocycles. The quantitative estimate of drug-likeness (QED) is 0.876. The first kappa shape index (κ1) is 13.2. The van der Waals surface area contributed by atoms with Crippen LogP contribution in [-0.4, -0.2) is 30.6 Å². The molecule has 1 saturated heterocycles. The van der Waals surface area contributed by atoms with Gasteiger partial charge < -0.3 is 10.2 Å². The van der Waals surface area contributed by atoms with Gasteiger partial charge in [-0.25, -0.2) is 0 Å². The van der Waals surface area contributed by atoms with Crippen molar-refractivity contribution in [2.24, 2.45) is 0 Å². The molecule has 2 unspecified atom stereocenters. The van der Waals surface area contributed by atoms with E-state index in [9.17, 15) is 13.2 Å². The minimum Gasteiger partial charge on any atom is -0.381 e. The first-order chi connectivity index (χ1) is 8.36. The van der Waals surface area contributed by atoms with Gasteiger partial charge in [-0.15, -0.1) is 0 Å². The van der Waals surface area contributed by atoms with Gasteiger partial charge in [0, 0.05) is 24.3 Å². The molecule has 0 radical (unpaired) electrons. The van der Waals surface area contributed by atoms with Crippen molar-refractivity contribution >= 4 is 5.69 Å². The molecule has 5 heteroatoms. The Hall–Kier alpha value is -1.23. The Bertz CT molecular complexity index is 390. The van der Waals surface area contributed by atoms with Crippen molar-refractivity contribution in [1.82, 2.24) is 4.90 Å². The number of likely N-dealkylation sites (N-methyl/N-ethyl adjacent to an activating group) is 1.